The molecule has 5 heteroatoms. The summed E-state index contributed by atoms with van der Waals surface area (Å²) in [6.45, 7) is 6.53. The Hall–Kier alpha value is -1.10. The smallest absolute Gasteiger partial charge is 0.308 e. The van der Waals surface area contributed by atoms with Gasteiger partial charge in [0.15, 0.2) is 0 Å². The molecule has 0 aromatic rings. The highest BCUT2D eigenvalue weighted by Crippen LogP contribution is 2.05. The van der Waals surface area contributed by atoms with Crippen LogP contribution in [0.5, 0.6) is 0 Å². The first-order valence-corrected chi connectivity index (χ1v) is 7.54. The van der Waals surface area contributed by atoms with E-state index in [9.17, 15) is 9.59 Å². The lowest BCUT2D eigenvalue weighted by molar-refractivity contribution is -0.144. The van der Waals surface area contributed by atoms with Gasteiger partial charge >= 0.3 is 11.9 Å². The van der Waals surface area contributed by atoms with Crippen molar-refractivity contribution in [2.45, 2.75) is 65.7 Å². The molecule has 0 bridgehead atoms. The third kappa shape index (κ3) is 19.2. The molecule has 0 amide bonds. The molecule has 0 saturated heterocycles. The molecule has 0 fully saturated rings. The Morgan fingerprint density at radius 1 is 0.800 bits per heavy atom. The van der Waals surface area contributed by atoms with E-state index in [4.69, 9.17) is 9.84 Å². The van der Waals surface area contributed by atoms with Crippen LogP contribution in [0, 0.1) is 0 Å². The summed E-state index contributed by atoms with van der Waals surface area (Å²) in [5.41, 5.74) is 0. The van der Waals surface area contributed by atoms with Gasteiger partial charge in [-0.1, -0.05) is 32.6 Å². The Balaban J connectivity index is 0. The van der Waals surface area contributed by atoms with Crippen LogP contribution in [0.2, 0.25) is 0 Å². The molecule has 120 valence electrons. The Morgan fingerprint density at radius 3 is 1.75 bits per heavy atom. The Morgan fingerprint density at radius 2 is 1.30 bits per heavy atom. The van der Waals surface area contributed by atoms with Crippen molar-refractivity contribution in [2.75, 3.05) is 19.8 Å². The zero-order chi connectivity index (χ0) is 15.6. The number of hydrogen-bond acceptors (Lipinski definition) is 5. The van der Waals surface area contributed by atoms with Gasteiger partial charge < -0.3 is 14.6 Å². The second-order valence-electron chi connectivity index (χ2n) is 4.25. The van der Waals surface area contributed by atoms with E-state index in [0.717, 1.165) is 12.8 Å². The third-order valence-electron chi connectivity index (χ3n) is 2.41. The lowest BCUT2D eigenvalue weighted by Crippen LogP contribution is -2.05. The van der Waals surface area contributed by atoms with Crippen molar-refractivity contribution in [2.24, 2.45) is 0 Å². The molecule has 0 atom stereocenters. The van der Waals surface area contributed by atoms with E-state index in [1.165, 1.54) is 19.3 Å². The van der Waals surface area contributed by atoms with Crippen LogP contribution in [0.1, 0.15) is 65.7 Å². The maximum atomic E-state index is 10.9. The van der Waals surface area contributed by atoms with Gasteiger partial charge in [-0.05, 0) is 20.3 Å². The van der Waals surface area contributed by atoms with Gasteiger partial charge in [0.05, 0.1) is 26.2 Å². The quantitative estimate of drug-likeness (QED) is 0.495. The van der Waals surface area contributed by atoms with E-state index in [2.05, 4.69) is 11.7 Å². The van der Waals surface area contributed by atoms with E-state index in [1.54, 1.807) is 6.92 Å². The molecular weight excluding hydrogens is 260 g/mol. The molecule has 0 heterocycles. The highest BCUT2D eigenvalue weighted by Gasteiger charge is 1.99. The number of rotatable bonds is 10. The van der Waals surface area contributed by atoms with E-state index in [-0.39, 0.29) is 25.0 Å². The van der Waals surface area contributed by atoms with Crippen LogP contribution in [-0.4, -0.2) is 36.9 Å². The number of carbonyl (C=O) groups is 2. The van der Waals surface area contributed by atoms with Crippen LogP contribution in [0.3, 0.4) is 0 Å². The predicted molar refractivity (Wildman–Crippen MR) is 78.3 cm³/mol. The number of ether oxygens (including phenoxy) is 2. The molecule has 0 aliphatic heterocycles. The minimum atomic E-state index is -0.338. The second-order valence-corrected chi connectivity index (χ2v) is 4.25. The minimum absolute atomic E-state index is 0.0472. The zero-order valence-corrected chi connectivity index (χ0v) is 13.2. The monoisotopic (exact) mass is 290 g/mol. The molecule has 0 unspecified atom stereocenters. The SMILES string of the molecule is CCCCCCCC(=O)OCC.CCOC(=O)CCO. The largest absolute Gasteiger partial charge is 0.466 e. The summed E-state index contributed by atoms with van der Waals surface area (Å²) < 4.78 is 9.29. The summed E-state index contributed by atoms with van der Waals surface area (Å²) >= 11 is 0. The van der Waals surface area contributed by atoms with Crippen molar-refractivity contribution in [1.82, 2.24) is 0 Å². The van der Waals surface area contributed by atoms with Crippen molar-refractivity contribution in [3.05, 3.63) is 0 Å². The summed E-state index contributed by atoms with van der Waals surface area (Å²) in [5, 5.41) is 8.16. The average Bonchev–Trinajstić information content (AvgIpc) is 2.40. The predicted octanol–water partition coefficient (Wildman–Crippen LogP) is 2.84. The summed E-state index contributed by atoms with van der Waals surface area (Å²) in [4.78, 5) is 21.1. The molecule has 20 heavy (non-hydrogen) atoms. The van der Waals surface area contributed by atoms with Gasteiger partial charge in [-0.25, -0.2) is 0 Å². The summed E-state index contributed by atoms with van der Waals surface area (Å²) in [6.07, 6.45) is 6.62. The number of esters is 2. The molecule has 0 aliphatic rings. The molecule has 0 aromatic carbocycles. The van der Waals surface area contributed by atoms with Crippen LogP contribution in [0.4, 0.5) is 0 Å². The third-order valence-corrected chi connectivity index (χ3v) is 2.41. The van der Waals surface area contributed by atoms with Gasteiger partial charge in [-0.15, -0.1) is 0 Å². The van der Waals surface area contributed by atoms with Crippen LogP contribution in [0.15, 0.2) is 0 Å². The highest BCUT2D eigenvalue weighted by molar-refractivity contribution is 5.69. The lowest BCUT2D eigenvalue weighted by Gasteiger charge is -2.00. The Bertz CT molecular complexity index is 220. The molecular formula is C15H30O5. The van der Waals surface area contributed by atoms with Gasteiger partial charge in [0.1, 0.15) is 0 Å². The molecule has 0 rings (SSSR count). The van der Waals surface area contributed by atoms with Crippen LogP contribution >= 0.6 is 0 Å². The number of hydrogen-bond donors (Lipinski definition) is 1. The second kappa shape index (κ2) is 17.9. The number of unbranched alkanes of at least 4 members (excludes halogenated alkanes) is 4. The van der Waals surface area contributed by atoms with Crippen molar-refractivity contribution >= 4 is 11.9 Å². The fourth-order valence-electron chi connectivity index (χ4n) is 1.43. The first kappa shape index (κ1) is 21.2. The summed E-state index contributed by atoms with van der Waals surface area (Å²) in [5.74, 6) is -0.385. The number of aliphatic hydroxyl groups is 1. The fraction of sp³-hybridized carbons (Fsp3) is 0.867. The molecule has 1 N–H and O–H groups in total. The molecule has 5 nitrogen and oxygen atoms in total. The van der Waals surface area contributed by atoms with Crippen molar-refractivity contribution in [3.8, 4) is 0 Å². The van der Waals surface area contributed by atoms with E-state index in [1.807, 2.05) is 6.92 Å². The Labute approximate surface area is 122 Å². The van der Waals surface area contributed by atoms with Gasteiger partial charge in [0.25, 0.3) is 0 Å². The maximum Gasteiger partial charge on any atom is 0.308 e. The van der Waals surface area contributed by atoms with Crippen molar-refractivity contribution in [3.63, 3.8) is 0 Å². The van der Waals surface area contributed by atoms with Gasteiger partial charge in [-0.3, -0.25) is 9.59 Å². The van der Waals surface area contributed by atoms with Gasteiger partial charge in [0.2, 0.25) is 0 Å². The molecule has 0 aliphatic carbocycles. The van der Waals surface area contributed by atoms with Crippen molar-refractivity contribution < 1.29 is 24.2 Å². The van der Waals surface area contributed by atoms with Gasteiger partial charge in [0, 0.05) is 6.42 Å². The summed E-state index contributed by atoms with van der Waals surface area (Å²) in [7, 11) is 0. The van der Waals surface area contributed by atoms with E-state index < -0.39 is 0 Å². The van der Waals surface area contributed by atoms with Crippen LogP contribution in [-0.2, 0) is 19.1 Å². The molecule has 0 aromatic heterocycles. The molecule has 0 spiro atoms. The lowest BCUT2D eigenvalue weighted by atomic mass is 10.1. The average molecular weight is 290 g/mol. The van der Waals surface area contributed by atoms with Crippen LogP contribution in [0.25, 0.3) is 0 Å². The minimum Gasteiger partial charge on any atom is -0.466 e. The molecule has 0 saturated carbocycles. The van der Waals surface area contributed by atoms with E-state index in [0.29, 0.717) is 19.6 Å². The first-order valence-electron chi connectivity index (χ1n) is 7.54. The Kier molecular flexibility index (Phi) is 19.0. The number of aliphatic hydroxyl groups excluding tert-OH is 1. The fourth-order valence-corrected chi connectivity index (χ4v) is 1.43. The number of carbonyl (C=O) groups excluding carboxylic acids is 2. The normalized spacial score (nSPS) is 9.40. The van der Waals surface area contributed by atoms with E-state index >= 15 is 0 Å². The molecule has 0 radical (unpaired) electrons. The topological polar surface area (TPSA) is 72.8 Å². The first-order chi connectivity index (χ1) is 9.62. The summed E-state index contributed by atoms with van der Waals surface area (Å²) in [6, 6.07) is 0. The standard InChI is InChI=1S/C10H20O2.C5H10O3/c1-3-5-6-7-8-9-10(11)12-4-2;1-2-8-5(7)3-4-6/h3-9H2,1-2H3;6H,2-4H2,1H3. The van der Waals surface area contributed by atoms with Gasteiger partial charge in [-0.2, -0.15) is 0 Å². The maximum absolute atomic E-state index is 10.9. The zero-order valence-electron chi connectivity index (χ0n) is 13.2. The van der Waals surface area contributed by atoms with Crippen molar-refractivity contribution in [1.29, 1.82) is 0 Å². The highest BCUT2D eigenvalue weighted by atomic mass is 16.5. The van der Waals surface area contributed by atoms with Crippen LogP contribution < -0.4 is 0 Å².